The van der Waals surface area contributed by atoms with E-state index in [-0.39, 0.29) is 44.5 Å². The molecule has 1 aliphatic carbocycles. The average molecular weight is 678 g/mol. The third-order valence-corrected chi connectivity index (χ3v) is 8.30. The minimum absolute atomic E-state index is 0. The maximum absolute atomic E-state index is 13.8. The molecule has 0 radical (unpaired) electrons. The van der Waals surface area contributed by atoms with Crippen LogP contribution in [0.5, 0.6) is 0 Å². The van der Waals surface area contributed by atoms with Crippen molar-refractivity contribution in [2.24, 2.45) is 5.73 Å². The lowest BCUT2D eigenvalue weighted by Crippen LogP contribution is -2.43. The van der Waals surface area contributed by atoms with Crippen LogP contribution in [-0.4, -0.2) is 81.8 Å². The van der Waals surface area contributed by atoms with Gasteiger partial charge in [-0.25, -0.2) is 15.2 Å². The lowest BCUT2D eigenvalue weighted by molar-refractivity contribution is -0.145. The van der Waals surface area contributed by atoms with E-state index in [0.29, 0.717) is 35.6 Å². The quantitative estimate of drug-likeness (QED) is 0.0818. The summed E-state index contributed by atoms with van der Waals surface area (Å²) in [7, 11) is -3.60. The molecule has 0 aliphatic heterocycles. The van der Waals surface area contributed by atoms with Gasteiger partial charge in [0.25, 0.3) is 0 Å². The number of imidazole rings is 1. The van der Waals surface area contributed by atoms with Gasteiger partial charge in [0.15, 0.2) is 17.0 Å². The maximum Gasteiger partial charge on any atom is 0.323 e. The number of rotatable bonds is 19. The summed E-state index contributed by atoms with van der Waals surface area (Å²) in [6, 6.07) is -1.08. The Morgan fingerprint density at radius 3 is 2.02 bits per heavy atom. The van der Waals surface area contributed by atoms with Crippen molar-refractivity contribution in [3.63, 3.8) is 0 Å². The highest BCUT2D eigenvalue weighted by atomic mass is 35.5. The summed E-state index contributed by atoms with van der Waals surface area (Å²) < 4.78 is 31.9. The Morgan fingerprint density at radius 2 is 1.53 bits per heavy atom. The fraction of sp³-hybridized carbons (Fsp3) is 0.750. The fourth-order valence-electron chi connectivity index (χ4n) is 3.73. The van der Waals surface area contributed by atoms with Gasteiger partial charge in [0, 0.05) is 12.6 Å². The molecular formula is C28H53ClN9O6P. The van der Waals surface area contributed by atoms with Crippen molar-refractivity contribution in [2.45, 2.75) is 111 Å². The number of ether oxygens (including phenoxy) is 3. The van der Waals surface area contributed by atoms with Crippen LogP contribution in [0.1, 0.15) is 80.1 Å². The standard InChI is InChI=1S/C25H43N8O6P.C3H9N.ClH/c1-5-7-12-38-23(34)17(3)31-40(36,32-18(4)24(35)39-13-8-6-2)16-37-14-11-33-15-27-20-21(28-19-9-10-19)29-25(26)30-22(20)33;1-3(2)4;/h15,17-19H,5-14,16H2,1-4H3,(H2,31,32,36)(H3,26,28,29,30);3H,4H2,1-2H3;1H/t17-,18-;;/m0../s1. The molecule has 7 N–H and O–H groups in total. The molecule has 0 unspecified atom stereocenters. The van der Waals surface area contributed by atoms with Crippen LogP contribution < -0.4 is 27.0 Å². The molecule has 15 nitrogen and oxygen atoms in total. The zero-order valence-corrected chi connectivity index (χ0v) is 29.1. The van der Waals surface area contributed by atoms with Gasteiger partial charge in [-0.3, -0.25) is 14.2 Å². The number of halogens is 1. The zero-order chi connectivity index (χ0) is 32.7. The number of anilines is 2. The van der Waals surface area contributed by atoms with Gasteiger partial charge in [-0.2, -0.15) is 9.97 Å². The van der Waals surface area contributed by atoms with Crippen LogP contribution in [0.15, 0.2) is 6.33 Å². The first kappa shape index (κ1) is 40.5. The lowest BCUT2D eigenvalue weighted by Gasteiger charge is -2.26. The first-order valence-electron chi connectivity index (χ1n) is 15.4. The molecule has 0 bridgehead atoms. The van der Waals surface area contributed by atoms with Gasteiger partial charge in [-0.15, -0.1) is 12.4 Å². The molecule has 0 saturated heterocycles. The molecule has 0 spiro atoms. The van der Waals surface area contributed by atoms with Crippen LogP contribution >= 0.6 is 19.9 Å². The summed E-state index contributed by atoms with van der Waals surface area (Å²) in [6.45, 7) is 12.0. The predicted molar refractivity (Wildman–Crippen MR) is 178 cm³/mol. The molecule has 2 heterocycles. The summed E-state index contributed by atoms with van der Waals surface area (Å²) in [5.41, 5.74) is 12.2. The number of esters is 2. The molecule has 1 aliphatic rings. The molecule has 0 aromatic carbocycles. The highest BCUT2D eigenvalue weighted by Crippen LogP contribution is 2.38. The average Bonchev–Trinajstić information content (AvgIpc) is 3.68. The van der Waals surface area contributed by atoms with E-state index in [4.69, 9.17) is 25.7 Å². The third-order valence-electron chi connectivity index (χ3n) is 6.14. The van der Waals surface area contributed by atoms with Gasteiger partial charge >= 0.3 is 11.9 Å². The predicted octanol–water partition coefficient (Wildman–Crippen LogP) is 3.57. The summed E-state index contributed by atoms with van der Waals surface area (Å²) in [6.07, 6.45) is 6.71. The summed E-state index contributed by atoms with van der Waals surface area (Å²) in [5.74, 6) is -0.337. The van der Waals surface area contributed by atoms with Gasteiger partial charge in [0.2, 0.25) is 13.4 Å². The molecule has 1 fully saturated rings. The second-order valence-electron chi connectivity index (χ2n) is 11.2. The van der Waals surface area contributed by atoms with Crippen LogP contribution in [0.2, 0.25) is 0 Å². The molecule has 3 rings (SSSR count). The summed E-state index contributed by atoms with van der Waals surface area (Å²) >= 11 is 0. The molecule has 45 heavy (non-hydrogen) atoms. The van der Waals surface area contributed by atoms with E-state index in [2.05, 4.69) is 30.4 Å². The summed E-state index contributed by atoms with van der Waals surface area (Å²) in [5, 5.41) is 8.94. The Hall–Kier alpha value is -2.55. The summed E-state index contributed by atoms with van der Waals surface area (Å²) in [4.78, 5) is 37.9. The first-order valence-corrected chi connectivity index (χ1v) is 17.3. The van der Waals surface area contributed by atoms with Crippen molar-refractivity contribution in [1.29, 1.82) is 0 Å². The minimum Gasteiger partial charge on any atom is -0.465 e. The van der Waals surface area contributed by atoms with Gasteiger partial charge < -0.3 is 35.6 Å². The Kier molecular flexibility index (Phi) is 18.5. The number of carbonyl (C=O) groups excluding carboxylic acids is 2. The molecule has 17 heteroatoms. The van der Waals surface area contributed by atoms with Gasteiger partial charge in [0.05, 0.1) is 26.1 Å². The van der Waals surface area contributed by atoms with Gasteiger partial charge in [0.1, 0.15) is 18.4 Å². The van der Waals surface area contributed by atoms with Gasteiger partial charge in [-0.05, 0) is 45.6 Å². The van der Waals surface area contributed by atoms with Gasteiger partial charge in [-0.1, -0.05) is 40.5 Å². The largest absolute Gasteiger partial charge is 0.465 e. The highest BCUT2D eigenvalue weighted by molar-refractivity contribution is 7.59. The lowest BCUT2D eigenvalue weighted by atomic mass is 10.3. The normalized spacial score (nSPS) is 14.2. The monoisotopic (exact) mass is 677 g/mol. The van der Waals surface area contributed by atoms with E-state index in [1.54, 1.807) is 24.7 Å². The Labute approximate surface area is 272 Å². The number of hydrogen-bond acceptors (Lipinski definition) is 12. The second-order valence-corrected chi connectivity index (χ2v) is 13.5. The van der Waals surface area contributed by atoms with Crippen LogP contribution in [0.3, 0.4) is 0 Å². The molecule has 2 atom stereocenters. The number of nitrogens with two attached hydrogens (primary N) is 2. The molecule has 2 aromatic rings. The number of fused-ring (bicyclic) bond motifs is 1. The molecule has 2 aromatic heterocycles. The van der Waals surface area contributed by atoms with Crippen molar-refractivity contribution >= 4 is 54.7 Å². The number of unbranched alkanes of at least 4 members (excludes halogenated alkanes) is 2. The van der Waals surface area contributed by atoms with Crippen molar-refractivity contribution in [3.8, 4) is 0 Å². The van der Waals surface area contributed by atoms with E-state index in [9.17, 15) is 14.2 Å². The smallest absolute Gasteiger partial charge is 0.323 e. The van der Waals surface area contributed by atoms with Crippen molar-refractivity contribution in [2.75, 3.05) is 37.2 Å². The number of hydrogen-bond donors (Lipinski definition) is 5. The topological polar surface area (TPSA) is 211 Å². The number of aromatic nitrogens is 4. The van der Waals surface area contributed by atoms with Crippen LogP contribution in [0, 0.1) is 0 Å². The van der Waals surface area contributed by atoms with E-state index < -0.39 is 31.5 Å². The molecule has 258 valence electrons. The second kappa shape index (κ2) is 20.5. The van der Waals surface area contributed by atoms with Crippen molar-refractivity contribution < 1.29 is 28.4 Å². The van der Waals surface area contributed by atoms with Crippen LogP contribution in [0.4, 0.5) is 11.8 Å². The van der Waals surface area contributed by atoms with Crippen LogP contribution in [-0.2, 0) is 34.9 Å². The molecule has 0 amide bonds. The maximum atomic E-state index is 13.8. The van der Waals surface area contributed by atoms with E-state index in [1.165, 1.54) is 0 Å². The van der Waals surface area contributed by atoms with Crippen LogP contribution in [0.25, 0.3) is 11.2 Å². The number of carbonyl (C=O) groups is 2. The Bertz CT molecular complexity index is 1190. The number of nitrogen functional groups attached to an aromatic ring is 1. The number of nitrogens with one attached hydrogen (secondary N) is 3. The van der Waals surface area contributed by atoms with Crippen molar-refractivity contribution in [3.05, 3.63) is 6.33 Å². The SMILES string of the molecule is CC(C)N.CCCCOC(=O)[C@H](C)NP(=O)(COCCn1cnc2c(NC3CC3)nc(N)nc21)N[C@@H](C)C(=O)OCCCC.Cl. The van der Waals surface area contributed by atoms with Crippen molar-refractivity contribution in [1.82, 2.24) is 29.7 Å². The highest BCUT2D eigenvalue weighted by Gasteiger charge is 2.32. The van der Waals surface area contributed by atoms with E-state index in [1.807, 2.05) is 27.7 Å². The van der Waals surface area contributed by atoms with E-state index >= 15 is 0 Å². The first-order chi connectivity index (χ1) is 20.9. The number of nitrogens with zero attached hydrogens (tertiary/aromatic N) is 4. The fourth-order valence-corrected chi connectivity index (χ4v) is 5.80. The molecule has 1 saturated carbocycles. The van der Waals surface area contributed by atoms with E-state index in [0.717, 1.165) is 38.5 Å². The minimum atomic E-state index is -3.60. The Morgan fingerprint density at radius 1 is 1.00 bits per heavy atom. The Balaban J connectivity index is 0.00000191. The molecular weight excluding hydrogens is 625 g/mol. The third kappa shape index (κ3) is 15.1. The zero-order valence-electron chi connectivity index (χ0n) is 27.4.